The summed E-state index contributed by atoms with van der Waals surface area (Å²) < 4.78 is 20.2. The van der Waals surface area contributed by atoms with Crippen LogP contribution in [-0.2, 0) is 4.94 Å². The molecule has 4 rings (SSSR count). The quantitative estimate of drug-likeness (QED) is 0.845. The fourth-order valence-corrected chi connectivity index (χ4v) is 4.26. The molecule has 1 unspecified atom stereocenters. The number of carbonyl (C=O) groups excluding carboxylic acids is 1. The Hall–Kier alpha value is -2.61. The van der Waals surface area contributed by atoms with Crippen LogP contribution in [0.25, 0.3) is 10.9 Å². The summed E-state index contributed by atoms with van der Waals surface area (Å²) in [6.07, 6.45) is 4.08. The van der Waals surface area contributed by atoms with E-state index in [1.807, 2.05) is 10.6 Å². The summed E-state index contributed by atoms with van der Waals surface area (Å²) in [6.45, 7) is 5.83. The maximum absolute atomic E-state index is 12.9. The van der Waals surface area contributed by atoms with Gasteiger partial charge in [0.15, 0.2) is 5.75 Å². The van der Waals surface area contributed by atoms with E-state index in [4.69, 9.17) is 10.5 Å². The van der Waals surface area contributed by atoms with Gasteiger partial charge >= 0.3 is 5.97 Å². The number of ether oxygens (including phenoxy) is 1. The average Bonchev–Trinajstić information content (AvgIpc) is 3.54. The van der Waals surface area contributed by atoms with Crippen molar-refractivity contribution in [2.45, 2.75) is 45.2 Å². The number of pyridine rings is 1. The van der Waals surface area contributed by atoms with Gasteiger partial charge in [0.25, 0.3) is 0 Å². The molecule has 7 nitrogen and oxygen atoms in total. The lowest BCUT2D eigenvalue weighted by Gasteiger charge is -2.44. The van der Waals surface area contributed by atoms with Gasteiger partial charge < -0.3 is 19.9 Å². The number of piperidine rings is 1. The van der Waals surface area contributed by atoms with Gasteiger partial charge in [-0.15, -0.1) is 0 Å². The highest BCUT2D eigenvalue weighted by Gasteiger charge is 2.36. The molecule has 0 radical (unpaired) electrons. The number of carbonyl (C=O) groups is 1. The Morgan fingerprint density at radius 3 is 2.59 bits per heavy atom. The summed E-state index contributed by atoms with van der Waals surface area (Å²) in [5.74, 6) is -0.695. The zero-order chi connectivity index (χ0) is 20.9. The standard InChI is InChI=1S/C21H26FN3O4/c1-21(2)11-24(9-8-16(21)23)15-7-6-13-17(19(15)28-3)25(12-4-5-12)10-14(18(13)26)20(27)29-22/h6-7,10,12,16H,4-5,8-9,11,23H2,1-3H3. The lowest BCUT2D eigenvalue weighted by atomic mass is 9.79. The Labute approximate surface area is 168 Å². The van der Waals surface area contributed by atoms with Crippen LogP contribution in [0, 0.1) is 5.41 Å². The molecule has 1 aliphatic carbocycles. The van der Waals surface area contributed by atoms with Crippen LogP contribution in [0.1, 0.15) is 49.5 Å². The van der Waals surface area contributed by atoms with Gasteiger partial charge in [-0.1, -0.05) is 13.8 Å². The number of hydrogen-bond donors (Lipinski definition) is 1. The summed E-state index contributed by atoms with van der Waals surface area (Å²) in [7, 11) is 1.57. The number of nitrogens with zero attached hydrogens (tertiary/aromatic N) is 2. The molecule has 1 saturated heterocycles. The molecule has 2 aliphatic rings. The third-order valence-electron chi connectivity index (χ3n) is 6.21. The number of anilines is 1. The first-order valence-electron chi connectivity index (χ1n) is 9.87. The minimum Gasteiger partial charge on any atom is -0.492 e. The Morgan fingerprint density at radius 1 is 1.28 bits per heavy atom. The number of halogens is 1. The Balaban J connectivity index is 1.92. The second-order valence-corrected chi connectivity index (χ2v) is 8.69. The van der Waals surface area contributed by atoms with Crippen LogP contribution < -0.4 is 20.8 Å². The highest BCUT2D eigenvalue weighted by Crippen LogP contribution is 2.43. The van der Waals surface area contributed by atoms with Crippen LogP contribution in [0.3, 0.4) is 0 Å². The van der Waals surface area contributed by atoms with Gasteiger partial charge in [0.1, 0.15) is 5.56 Å². The lowest BCUT2D eigenvalue weighted by Crippen LogP contribution is -2.52. The van der Waals surface area contributed by atoms with Crippen molar-refractivity contribution in [2.75, 3.05) is 25.1 Å². The van der Waals surface area contributed by atoms with E-state index in [9.17, 15) is 14.1 Å². The predicted octanol–water partition coefficient (Wildman–Crippen LogP) is 2.95. The van der Waals surface area contributed by atoms with Crippen LogP contribution in [0.2, 0.25) is 0 Å². The van der Waals surface area contributed by atoms with Crippen molar-refractivity contribution in [3.05, 3.63) is 34.1 Å². The smallest absolute Gasteiger partial charge is 0.384 e. The SMILES string of the molecule is COc1c(N2CCC(N)C(C)(C)C2)ccc2c(=O)c(C(=O)OF)cn(C3CC3)c12. The van der Waals surface area contributed by atoms with Gasteiger partial charge in [-0.05, 0) is 36.8 Å². The summed E-state index contributed by atoms with van der Waals surface area (Å²) in [6, 6.07) is 3.77. The largest absolute Gasteiger partial charge is 0.492 e. The number of hydrogen-bond acceptors (Lipinski definition) is 6. The molecule has 29 heavy (non-hydrogen) atoms. The van der Waals surface area contributed by atoms with Crippen LogP contribution in [0.4, 0.5) is 10.2 Å². The highest BCUT2D eigenvalue weighted by atomic mass is 19.3. The molecule has 1 atom stereocenters. The molecule has 0 amide bonds. The molecule has 8 heteroatoms. The van der Waals surface area contributed by atoms with Crippen LogP contribution in [0.5, 0.6) is 5.75 Å². The topological polar surface area (TPSA) is 86.8 Å². The second-order valence-electron chi connectivity index (χ2n) is 8.69. The van der Waals surface area contributed by atoms with Crippen LogP contribution in [0.15, 0.2) is 23.1 Å². The summed E-state index contributed by atoms with van der Waals surface area (Å²) in [5, 5.41) is 0.313. The Bertz CT molecular complexity index is 1030. The molecule has 2 aromatic rings. The normalized spacial score (nSPS) is 21.3. The third-order valence-corrected chi connectivity index (χ3v) is 6.21. The number of fused-ring (bicyclic) bond motifs is 1. The van der Waals surface area contributed by atoms with Crippen molar-refractivity contribution in [2.24, 2.45) is 11.1 Å². The lowest BCUT2D eigenvalue weighted by molar-refractivity contribution is -0.0789. The first-order valence-corrected chi connectivity index (χ1v) is 9.87. The Morgan fingerprint density at radius 2 is 2.00 bits per heavy atom. The first kappa shape index (κ1) is 19.7. The molecule has 1 saturated carbocycles. The van der Waals surface area contributed by atoms with Crippen LogP contribution in [-0.4, -0.2) is 36.8 Å². The van der Waals surface area contributed by atoms with Crippen molar-refractivity contribution in [3.8, 4) is 5.75 Å². The Kier molecular flexibility index (Phi) is 4.77. The summed E-state index contributed by atoms with van der Waals surface area (Å²) in [5.41, 5.74) is 6.85. The van der Waals surface area contributed by atoms with Crippen LogP contribution >= 0.6 is 0 Å². The minimum atomic E-state index is -1.28. The zero-order valence-corrected chi connectivity index (χ0v) is 16.9. The fourth-order valence-electron chi connectivity index (χ4n) is 4.26. The monoisotopic (exact) mass is 403 g/mol. The van der Waals surface area contributed by atoms with Crippen molar-refractivity contribution in [1.29, 1.82) is 0 Å². The molecular formula is C21H26FN3O4. The minimum absolute atomic E-state index is 0.0663. The second kappa shape index (κ2) is 7.02. The van der Waals surface area contributed by atoms with Crippen molar-refractivity contribution in [3.63, 3.8) is 0 Å². The molecule has 1 aromatic carbocycles. The highest BCUT2D eigenvalue weighted by molar-refractivity contribution is 5.97. The van der Waals surface area contributed by atoms with Crippen molar-refractivity contribution in [1.82, 2.24) is 4.57 Å². The van der Waals surface area contributed by atoms with E-state index in [2.05, 4.69) is 23.7 Å². The summed E-state index contributed by atoms with van der Waals surface area (Å²) in [4.78, 5) is 30.2. The maximum Gasteiger partial charge on any atom is 0.384 e. The molecule has 1 aliphatic heterocycles. The van der Waals surface area contributed by atoms with Gasteiger partial charge in [-0.25, -0.2) is 9.74 Å². The number of benzene rings is 1. The number of rotatable bonds is 4. The molecule has 2 fully saturated rings. The number of aromatic nitrogens is 1. The molecule has 2 heterocycles. The fraction of sp³-hybridized carbons (Fsp3) is 0.524. The van der Waals surface area contributed by atoms with E-state index >= 15 is 0 Å². The van der Waals surface area contributed by atoms with Gasteiger partial charge in [0.05, 0.1) is 23.7 Å². The van der Waals surface area contributed by atoms with Gasteiger partial charge in [0.2, 0.25) is 5.43 Å². The third kappa shape index (κ3) is 3.25. The number of nitrogens with two attached hydrogens (primary N) is 1. The van der Waals surface area contributed by atoms with E-state index in [1.165, 1.54) is 6.20 Å². The zero-order valence-electron chi connectivity index (χ0n) is 16.9. The van der Waals surface area contributed by atoms with Gasteiger partial charge in [-0.3, -0.25) is 4.79 Å². The van der Waals surface area contributed by atoms with Crippen molar-refractivity contribution >= 4 is 22.6 Å². The van der Waals surface area contributed by atoms with E-state index in [-0.39, 0.29) is 23.1 Å². The molecule has 0 spiro atoms. The number of methoxy groups -OCH3 is 1. The molecule has 1 aromatic heterocycles. The first-order chi connectivity index (χ1) is 13.8. The maximum atomic E-state index is 12.9. The van der Waals surface area contributed by atoms with E-state index in [0.29, 0.717) is 16.7 Å². The molecule has 0 bridgehead atoms. The van der Waals surface area contributed by atoms with E-state index in [1.54, 1.807) is 13.2 Å². The molecular weight excluding hydrogens is 377 g/mol. The molecule has 2 N–H and O–H groups in total. The molecule has 156 valence electrons. The predicted molar refractivity (Wildman–Crippen MR) is 108 cm³/mol. The van der Waals surface area contributed by atoms with Gasteiger partial charge in [-0.2, -0.15) is 0 Å². The average molecular weight is 403 g/mol. The van der Waals surface area contributed by atoms with Gasteiger partial charge in [0, 0.05) is 35.9 Å². The summed E-state index contributed by atoms with van der Waals surface area (Å²) >= 11 is 0. The van der Waals surface area contributed by atoms with E-state index in [0.717, 1.165) is 38.0 Å². The van der Waals surface area contributed by atoms with Crippen molar-refractivity contribution < 1.29 is 19.0 Å². The van der Waals surface area contributed by atoms with E-state index < -0.39 is 11.4 Å².